The van der Waals surface area contributed by atoms with Gasteiger partial charge in [-0.15, -0.1) is 0 Å². The maximum Gasteiger partial charge on any atom is 0.0682 e. The predicted molar refractivity (Wildman–Crippen MR) is 97.8 cm³/mol. The van der Waals surface area contributed by atoms with E-state index >= 15 is 0 Å². The zero-order valence-corrected chi connectivity index (χ0v) is 15.5. The number of rotatable bonds is 17. The third-order valence-corrected chi connectivity index (χ3v) is 4.18. The van der Waals surface area contributed by atoms with Gasteiger partial charge in [0.15, 0.2) is 0 Å². The smallest absolute Gasteiger partial charge is 0.0682 e. The van der Waals surface area contributed by atoms with Crippen LogP contribution < -0.4 is 11.2 Å². The van der Waals surface area contributed by atoms with Gasteiger partial charge < -0.3 is 10.6 Å². The van der Waals surface area contributed by atoms with Crippen LogP contribution >= 0.6 is 0 Å². The second kappa shape index (κ2) is 17.2. The molecular formula is C19H42N2O. The van der Waals surface area contributed by atoms with Gasteiger partial charge in [0, 0.05) is 6.04 Å². The van der Waals surface area contributed by atoms with E-state index in [1.807, 2.05) is 0 Å². The zero-order valence-electron chi connectivity index (χ0n) is 15.5. The minimum atomic E-state index is 0.431. The lowest BCUT2D eigenvalue weighted by molar-refractivity contribution is 0.0102. The normalized spacial score (nSPS) is 13.0. The highest BCUT2D eigenvalue weighted by molar-refractivity contribution is 4.61. The van der Waals surface area contributed by atoms with Crippen molar-refractivity contribution >= 4 is 0 Å². The average Bonchev–Trinajstić information content (AvgIpc) is 2.48. The summed E-state index contributed by atoms with van der Waals surface area (Å²) in [6, 6.07) is 0.431. The standard InChI is InChI=1S/C19H42N2O/c1-4-13-19(15-16-20)21-22-17-12-10-8-6-5-7-9-11-14-18(2)3/h18-19,21H,4-17,20H2,1-3H3. The minimum absolute atomic E-state index is 0.431. The first kappa shape index (κ1) is 21.9. The highest BCUT2D eigenvalue weighted by atomic mass is 16.6. The summed E-state index contributed by atoms with van der Waals surface area (Å²) in [4.78, 5) is 5.58. The van der Waals surface area contributed by atoms with Crippen LogP contribution in [0.1, 0.15) is 97.8 Å². The van der Waals surface area contributed by atoms with E-state index < -0.39 is 0 Å². The molecule has 0 amide bonds. The molecule has 1 unspecified atom stereocenters. The Morgan fingerprint density at radius 1 is 0.818 bits per heavy atom. The lowest BCUT2D eigenvalue weighted by atomic mass is 10.0. The van der Waals surface area contributed by atoms with Crippen LogP contribution in [0.3, 0.4) is 0 Å². The molecule has 0 aromatic heterocycles. The SMILES string of the molecule is CCCC(CCN)NOCCCCCCCCCCC(C)C. The molecule has 3 heteroatoms. The van der Waals surface area contributed by atoms with E-state index in [1.54, 1.807) is 0 Å². The van der Waals surface area contributed by atoms with Crippen LogP contribution in [-0.4, -0.2) is 19.2 Å². The monoisotopic (exact) mass is 314 g/mol. The van der Waals surface area contributed by atoms with E-state index in [-0.39, 0.29) is 0 Å². The molecule has 3 nitrogen and oxygen atoms in total. The van der Waals surface area contributed by atoms with Crippen LogP contribution in [0, 0.1) is 5.92 Å². The summed E-state index contributed by atoms with van der Waals surface area (Å²) in [5.74, 6) is 0.871. The summed E-state index contributed by atoms with van der Waals surface area (Å²) in [7, 11) is 0. The van der Waals surface area contributed by atoms with E-state index in [9.17, 15) is 0 Å². The van der Waals surface area contributed by atoms with E-state index in [2.05, 4.69) is 26.3 Å². The average molecular weight is 315 g/mol. The summed E-state index contributed by atoms with van der Waals surface area (Å²) >= 11 is 0. The second-order valence-corrected chi connectivity index (χ2v) is 7.04. The number of hydrogen-bond acceptors (Lipinski definition) is 3. The van der Waals surface area contributed by atoms with Gasteiger partial charge in [-0.1, -0.05) is 78.6 Å². The van der Waals surface area contributed by atoms with Gasteiger partial charge in [-0.25, -0.2) is 0 Å². The number of nitrogens with two attached hydrogens (primary N) is 1. The van der Waals surface area contributed by atoms with Gasteiger partial charge in [-0.05, 0) is 31.7 Å². The number of hydroxylamine groups is 1. The second-order valence-electron chi connectivity index (χ2n) is 7.04. The molecule has 0 saturated heterocycles. The maximum atomic E-state index is 5.61. The van der Waals surface area contributed by atoms with Crippen LogP contribution in [0.25, 0.3) is 0 Å². The van der Waals surface area contributed by atoms with Crippen LogP contribution in [0.2, 0.25) is 0 Å². The fourth-order valence-corrected chi connectivity index (χ4v) is 2.78. The Kier molecular flexibility index (Phi) is 17.1. The van der Waals surface area contributed by atoms with Crippen molar-refractivity contribution in [3.8, 4) is 0 Å². The molecule has 0 aromatic rings. The molecule has 134 valence electrons. The number of hydrogen-bond donors (Lipinski definition) is 2. The summed E-state index contributed by atoms with van der Waals surface area (Å²) in [5, 5.41) is 0. The van der Waals surface area contributed by atoms with Crippen molar-refractivity contribution in [3.05, 3.63) is 0 Å². The topological polar surface area (TPSA) is 47.3 Å². The molecule has 3 N–H and O–H groups in total. The Balaban J connectivity index is 3.19. The first-order valence-electron chi connectivity index (χ1n) is 9.78. The lowest BCUT2D eigenvalue weighted by Gasteiger charge is -2.16. The van der Waals surface area contributed by atoms with Crippen LogP contribution in [0.4, 0.5) is 0 Å². The Bertz CT molecular complexity index is 204. The molecule has 0 aliphatic carbocycles. The van der Waals surface area contributed by atoms with E-state index in [0.717, 1.165) is 31.9 Å². The molecule has 0 aliphatic heterocycles. The molecule has 0 heterocycles. The molecule has 0 aliphatic rings. The molecular weight excluding hydrogens is 272 g/mol. The fourth-order valence-electron chi connectivity index (χ4n) is 2.78. The van der Waals surface area contributed by atoms with Gasteiger partial charge in [0.1, 0.15) is 0 Å². The first-order valence-corrected chi connectivity index (χ1v) is 9.78. The van der Waals surface area contributed by atoms with Gasteiger partial charge in [0.05, 0.1) is 6.61 Å². The van der Waals surface area contributed by atoms with Crippen molar-refractivity contribution in [2.45, 2.75) is 104 Å². The predicted octanol–water partition coefficient (Wildman–Crippen LogP) is 5.19. The summed E-state index contributed by atoms with van der Waals surface area (Å²) in [6.07, 6.45) is 15.6. The first-order chi connectivity index (χ1) is 10.7. The van der Waals surface area contributed by atoms with E-state index in [1.165, 1.54) is 64.2 Å². The Labute approximate surface area is 139 Å². The van der Waals surface area contributed by atoms with E-state index in [0.29, 0.717) is 6.04 Å². The molecule has 0 fully saturated rings. The van der Waals surface area contributed by atoms with Crippen molar-refractivity contribution in [2.24, 2.45) is 11.7 Å². The summed E-state index contributed by atoms with van der Waals surface area (Å²) in [5.41, 5.74) is 8.78. The van der Waals surface area contributed by atoms with Gasteiger partial charge in [0.2, 0.25) is 0 Å². The largest absolute Gasteiger partial charge is 0.330 e. The van der Waals surface area contributed by atoms with Crippen molar-refractivity contribution in [1.29, 1.82) is 0 Å². The quantitative estimate of drug-likeness (QED) is 0.287. The molecule has 1 atom stereocenters. The molecule has 0 bridgehead atoms. The molecule has 22 heavy (non-hydrogen) atoms. The highest BCUT2D eigenvalue weighted by Gasteiger charge is 2.05. The molecule has 0 rings (SSSR count). The van der Waals surface area contributed by atoms with Crippen molar-refractivity contribution in [3.63, 3.8) is 0 Å². The van der Waals surface area contributed by atoms with E-state index in [4.69, 9.17) is 10.6 Å². The Morgan fingerprint density at radius 2 is 1.41 bits per heavy atom. The zero-order chi connectivity index (χ0) is 16.5. The van der Waals surface area contributed by atoms with Gasteiger partial charge in [-0.3, -0.25) is 0 Å². The van der Waals surface area contributed by atoms with Gasteiger partial charge >= 0.3 is 0 Å². The Morgan fingerprint density at radius 3 is 1.95 bits per heavy atom. The maximum absolute atomic E-state index is 5.61. The number of unbranched alkanes of at least 4 members (excludes halogenated alkanes) is 7. The van der Waals surface area contributed by atoms with Crippen molar-refractivity contribution < 1.29 is 4.84 Å². The minimum Gasteiger partial charge on any atom is -0.330 e. The van der Waals surface area contributed by atoms with Crippen LogP contribution in [0.5, 0.6) is 0 Å². The molecule has 0 spiro atoms. The summed E-state index contributed by atoms with van der Waals surface area (Å²) in [6.45, 7) is 8.40. The number of nitrogens with one attached hydrogen (secondary N) is 1. The highest BCUT2D eigenvalue weighted by Crippen LogP contribution is 2.12. The summed E-state index contributed by atoms with van der Waals surface area (Å²) < 4.78 is 0. The fraction of sp³-hybridized carbons (Fsp3) is 1.00. The molecule has 0 aromatic carbocycles. The van der Waals surface area contributed by atoms with Crippen molar-refractivity contribution in [1.82, 2.24) is 5.48 Å². The third-order valence-electron chi connectivity index (χ3n) is 4.18. The van der Waals surface area contributed by atoms with Gasteiger partial charge in [0.25, 0.3) is 0 Å². The van der Waals surface area contributed by atoms with Crippen LogP contribution in [-0.2, 0) is 4.84 Å². The molecule has 0 radical (unpaired) electrons. The lowest BCUT2D eigenvalue weighted by Crippen LogP contribution is -2.31. The Hall–Kier alpha value is -0.120. The third kappa shape index (κ3) is 16.3. The van der Waals surface area contributed by atoms with Crippen LogP contribution in [0.15, 0.2) is 0 Å². The van der Waals surface area contributed by atoms with Crippen molar-refractivity contribution in [2.75, 3.05) is 13.2 Å². The molecule has 0 saturated carbocycles. The van der Waals surface area contributed by atoms with Gasteiger partial charge in [-0.2, -0.15) is 5.48 Å².